The third-order valence-electron chi connectivity index (χ3n) is 4.04. The van der Waals surface area contributed by atoms with Crippen molar-refractivity contribution in [3.05, 3.63) is 77.6 Å². The first-order chi connectivity index (χ1) is 12.1. The Kier molecular flexibility index (Phi) is 4.84. The molecule has 0 N–H and O–H groups in total. The van der Waals surface area contributed by atoms with Gasteiger partial charge in [0.1, 0.15) is 5.75 Å². The van der Waals surface area contributed by atoms with Gasteiger partial charge in [-0.2, -0.15) is 5.10 Å². The number of benzene rings is 2. The predicted molar refractivity (Wildman–Crippen MR) is 97.1 cm³/mol. The minimum absolute atomic E-state index is 0.0780. The lowest BCUT2D eigenvalue weighted by Crippen LogP contribution is -2.26. The van der Waals surface area contributed by atoms with Crippen molar-refractivity contribution in [1.29, 1.82) is 0 Å². The number of ether oxygens (including phenoxy) is 1. The summed E-state index contributed by atoms with van der Waals surface area (Å²) < 4.78 is 7.10. The minimum atomic E-state index is -0.0780. The summed E-state index contributed by atoms with van der Waals surface area (Å²) in [6, 6.07) is 15.7. The molecule has 0 spiro atoms. The van der Waals surface area contributed by atoms with Crippen molar-refractivity contribution in [3.8, 4) is 11.4 Å². The lowest BCUT2D eigenvalue weighted by Gasteiger charge is -2.18. The van der Waals surface area contributed by atoms with Gasteiger partial charge in [0.2, 0.25) is 0 Å². The molecule has 0 aliphatic carbocycles. The number of hydrogen-bond donors (Lipinski definition) is 0. The van der Waals surface area contributed by atoms with Crippen LogP contribution >= 0.6 is 0 Å². The van der Waals surface area contributed by atoms with E-state index < -0.39 is 0 Å². The van der Waals surface area contributed by atoms with Crippen LogP contribution in [0.2, 0.25) is 0 Å². The van der Waals surface area contributed by atoms with Gasteiger partial charge in [-0.25, -0.2) is 4.68 Å². The fourth-order valence-corrected chi connectivity index (χ4v) is 2.73. The van der Waals surface area contributed by atoms with Crippen molar-refractivity contribution in [2.24, 2.45) is 0 Å². The third-order valence-corrected chi connectivity index (χ3v) is 4.04. The van der Waals surface area contributed by atoms with E-state index in [2.05, 4.69) is 5.10 Å². The molecule has 0 aliphatic heterocycles. The number of methoxy groups -OCH3 is 1. The normalized spacial score (nSPS) is 10.5. The first-order valence-corrected chi connectivity index (χ1v) is 8.07. The Morgan fingerprint density at radius 1 is 1.20 bits per heavy atom. The second-order valence-electron chi connectivity index (χ2n) is 5.99. The molecule has 25 heavy (non-hydrogen) atoms. The van der Waals surface area contributed by atoms with Gasteiger partial charge in [-0.3, -0.25) is 4.79 Å². The maximum absolute atomic E-state index is 12.7. The molecule has 0 saturated heterocycles. The van der Waals surface area contributed by atoms with E-state index in [1.807, 2.05) is 55.5 Å². The number of para-hydroxylation sites is 1. The Hall–Kier alpha value is -3.08. The number of aromatic nitrogens is 2. The zero-order chi connectivity index (χ0) is 17.8. The molecule has 1 aromatic heterocycles. The molecule has 5 nitrogen and oxygen atoms in total. The quantitative estimate of drug-likeness (QED) is 0.717. The van der Waals surface area contributed by atoms with E-state index in [0.717, 1.165) is 22.6 Å². The summed E-state index contributed by atoms with van der Waals surface area (Å²) in [5.41, 5.74) is 3.59. The van der Waals surface area contributed by atoms with Crippen LogP contribution in [0, 0.1) is 6.92 Å². The fraction of sp³-hybridized carbons (Fsp3) is 0.200. The molecule has 0 atom stereocenters. The number of aryl methyl sites for hydroxylation is 1. The molecule has 5 heteroatoms. The maximum Gasteiger partial charge on any atom is 0.257 e. The molecule has 3 rings (SSSR count). The largest absolute Gasteiger partial charge is 0.496 e. The third kappa shape index (κ3) is 3.71. The van der Waals surface area contributed by atoms with Crippen LogP contribution in [0.1, 0.15) is 21.5 Å². The zero-order valence-electron chi connectivity index (χ0n) is 14.6. The maximum atomic E-state index is 12.7. The molecule has 0 saturated carbocycles. The number of nitrogens with zero attached hydrogens (tertiary/aromatic N) is 3. The van der Waals surface area contributed by atoms with E-state index in [-0.39, 0.29) is 5.91 Å². The number of amides is 1. The van der Waals surface area contributed by atoms with Gasteiger partial charge in [0.05, 0.1) is 24.6 Å². The van der Waals surface area contributed by atoms with Gasteiger partial charge in [-0.1, -0.05) is 35.9 Å². The molecule has 1 heterocycles. The van der Waals surface area contributed by atoms with Crippen molar-refractivity contribution in [2.45, 2.75) is 13.5 Å². The average Bonchev–Trinajstić information content (AvgIpc) is 3.12. The van der Waals surface area contributed by atoms with Gasteiger partial charge in [0.25, 0.3) is 5.91 Å². The van der Waals surface area contributed by atoms with Crippen LogP contribution in [0.4, 0.5) is 0 Å². The van der Waals surface area contributed by atoms with Crippen LogP contribution in [0.25, 0.3) is 5.69 Å². The van der Waals surface area contributed by atoms with Gasteiger partial charge in [0, 0.05) is 25.4 Å². The smallest absolute Gasteiger partial charge is 0.257 e. The van der Waals surface area contributed by atoms with Crippen molar-refractivity contribution in [3.63, 3.8) is 0 Å². The highest BCUT2D eigenvalue weighted by Gasteiger charge is 2.16. The molecule has 2 aromatic carbocycles. The summed E-state index contributed by atoms with van der Waals surface area (Å²) in [6.45, 7) is 2.49. The minimum Gasteiger partial charge on any atom is -0.496 e. The molecule has 0 fully saturated rings. The SMILES string of the molecule is COc1ccc(C)cc1CN(C)C(=O)c1cnn(-c2ccccc2)c1. The lowest BCUT2D eigenvalue weighted by molar-refractivity contribution is 0.0784. The summed E-state index contributed by atoms with van der Waals surface area (Å²) in [5, 5.41) is 4.29. The van der Waals surface area contributed by atoms with Crippen LogP contribution in [0.3, 0.4) is 0 Å². The van der Waals surface area contributed by atoms with Crippen molar-refractivity contribution in [1.82, 2.24) is 14.7 Å². The highest BCUT2D eigenvalue weighted by atomic mass is 16.5. The molecule has 0 aliphatic rings. The first kappa shape index (κ1) is 16.8. The summed E-state index contributed by atoms with van der Waals surface area (Å²) in [4.78, 5) is 14.4. The number of hydrogen-bond acceptors (Lipinski definition) is 3. The Morgan fingerprint density at radius 2 is 1.96 bits per heavy atom. The van der Waals surface area contributed by atoms with Gasteiger partial charge in [-0.15, -0.1) is 0 Å². The molecular weight excluding hydrogens is 314 g/mol. The summed E-state index contributed by atoms with van der Waals surface area (Å²) >= 11 is 0. The van der Waals surface area contributed by atoms with Crippen LogP contribution in [0.5, 0.6) is 5.75 Å². The van der Waals surface area contributed by atoms with Gasteiger partial charge < -0.3 is 9.64 Å². The number of carbonyl (C=O) groups is 1. The molecule has 128 valence electrons. The first-order valence-electron chi connectivity index (χ1n) is 8.07. The van der Waals surface area contributed by atoms with E-state index >= 15 is 0 Å². The molecule has 0 radical (unpaired) electrons. The Morgan fingerprint density at radius 3 is 2.68 bits per heavy atom. The van der Waals surface area contributed by atoms with Crippen molar-refractivity contribution < 1.29 is 9.53 Å². The summed E-state index contributed by atoms with van der Waals surface area (Å²) in [5.74, 6) is 0.705. The molecule has 1 amide bonds. The highest BCUT2D eigenvalue weighted by molar-refractivity contribution is 5.93. The van der Waals surface area contributed by atoms with E-state index in [9.17, 15) is 4.79 Å². The Balaban J connectivity index is 1.77. The van der Waals surface area contributed by atoms with Crippen LogP contribution < -0.4 is 4.74 Å². The second kappa shape index (κ2) is 7.21. The fourth-order valence-electron chi connectivity index (χ4n) is 2.73. The van der Waals surface area contributed by atoms with Crippen LogP contribution in [-0.4, -0.2) is 34.7 Å². The second-order valence-corrected chi connectivity index (χ2v) is 5.99. The summed E-state index contributed by atoms with van der Waals surface area (Å²) in [6.07, 6.45) is 3.35. The van der Waals surface area contributed by atoms with Crippen LogP contribution in [0.15, 0.2) is 60.9 Å². The molecule has 3 aromatic rings. The number of rotatable bonds is 5. The van der Waals surface area contributed by atoms with Crippen LogP contribution in [-0.2, 0) is 6.54 Å². The van der Waals surface area contributed by atoms with E-state index in [1.54, 1.807) is 36.1 Å². The topological polar surface area (TPSA) is 47.4 Å². The molecular formula is C20H21N3O2. The lowest BCUT2D eigenvalue weighted by atomic mass is 10.1. The Labute approximate surface area is 147 Å². The Bertz CT molecular complexity index is 872. The van der Waals surface area contributed by atoms with E-state index in [0.29, 0.717) is 12.1 Å². The standard InChI is InChI=1S/C20H21N3O2/c1-15-9-10-19(25-3)16(11-15)13-22(2)20(24)17-12-21-23(14-17)18-7-5-4-6-8-18/h4-12,14H,13H2,1-3H3. The molecule has 0 bridgehead atoms. The monoisotopic (exact) mass is 335 g/mol. The van der Waals surface area contributed by atoms with Gasteiger partial charge in [-0.05, 0) is 25.1 Å². The predicted octanol–water partition coefficient (Wildman–Crippen LogP) is 3.46. The van der Waals surface area contributed by atoms with Gasteiger partial charge in [0.15, 0.2) is 0 Å². The van der Waals surface area contributed by atoms with E-state index in [4.69, 9.17) is 4.74 Å². The number of carbonyl (C=O) groups excluding carboxylic acids is 1. The summed E-state index contributed by atoms with van der Waals surface area (Å²) in [7, 11) is 3.42. The van der Waals surface area contributed by atoms with E-state index in [1.165, 1.54) is 0 Å². The molecule has 0 unspecified atom stereocenters. The average molecular weight is 335 g/mol. The highest BCUT2D eigenvalue weighted by Crippen LogP contribution is 2.21. The van der Waals surface area contributed by atoms with Crippen molar-refractivity contribution in [2.75, 3.05) is 14.2 Å². The van der Waals surface area contributed by atoms with Gasteiger partial charge >= 0.3 is 0 Å². The zero-order valence-corrected chi connectivity index (χ0v) is 14.6. The van der Waals surface area contributed by atoms with Crippen molar-refractivity contribution >= 4 is 5.91 Å².